The number of ether oxygens (including phenoxy) is 1. The highest BCUT2D eigenvalue weighted by atomic mass is 32.2. The van der Waals surface area contributed by atoms with E-state index in [0.29, 0.717) is 23.8 Å². The predicted molar refractivity (Wildman–Crippen MR) is 67.9 cm³/mol. The molecule has 0 amide bonds. The van der Waals surface area contributed by atoms with Gasteiger partial charge in [0.2, 0.25) is 0 Å². The summed E-state index contributed by atoms with van der Waals surface area (Å²) in [7, 11) is -3.19. The van der Waals surface area contributed by atoms with E-state index in [0.717, 1.165) is 6.42 Å². The SMILES string of the molecule is CC(C)S(=O)(=O)c1ccc(OCCCN)cc1. The monoisotopic (exact) mass is 257 g/mol. The lowest BCUT2D eigenvalue weighted by Crippen LogP contribution is -2.13. The average Bonchev–Trinajstić information content (AvgIpc) is 2.30. The topological polar surface area (TPSA) is 69.4 Å². The van der Waals surface area contributed by atoms with Crippen molar-refractivity contribution in [2.24, 2.45) is 5.73 Å². The van der Waals surface area contributed by atoms with Crippen LogP contribution < -0.4 is 10.5 Å². The van der Waals surface area contributed by atoms with Crippen LogP contribution in [0, 0.1) is 0 Å². The summed E-state index contributed by atoms with van der Waals surface area (Å²) in [5, 5.41) is -0.411. The Kier molecular flexibility index (Phi) is 4.96. The molecule has 1 rings (SSSR count). The van der Waals surface area contributed by atoms with E-state index in [4.69, 9.17) is 10.5 Å². The van der Waals surface area contributed by atoms with Crippen molar-refractivity contribution >= 4 is 9.84 Å². The highest BCUT2D eigenvalue weighted by Gasteiger charge is 2.18. The lowest BCUT2D eigenvalue weighted by Gasteiger charge is -2.09. The maximum absolute atomic E-state index is 11.8. The minimum Gasteiger partial charge on any atom is -0.494 e. The molecule has 0 heterocycles. The second kappa shape index (κ2) is 6.02. The molecule has 0 radical (unpaired) electrons. The zero-order chi connectivity index (χ0) is 12.9. The van der Waals surface area contributed by atoms with Crippen LogP contribution >= 0.6 is 0 Å². The van der Waals surface area contributed by atoms with Crippen molar-refractivity contribution in [2.45, 2.75) is 30.4 Å². The molecule has 0 aliphatic rings. The van der Waals surface area contributed by atoms with Crippen LogP contribution in [0.3, 0.4) is 0 Å². The minimum absolute atomic E-state index is 0.332. The van der Waals surface area contributed by atoms with Crippen LogP contribution in [0.2, 0.25) is 0 Å². The van der Waals surface area contributed by atoms with Gasteiger partial charge in [0.15, 0.2) is 9.84 Å². The number of benzene rings is 1. The van der Waals surface area contributed by atoms with Gasteiger partial charge in [-0.1, -0.05) is 0 Å². The van der Waals surface area contributed by atoms with Crippen LogP contribution in [-0.2, 0) is 9.84 Å². The molecule has 0 aliphatic carbocycles. The number of nitrogens with two attached hydrogens (primary N) is 1. The van der Waals surface area contributed by atoms with Gasteiger partial charge in [-0.2, -0.15) is 0 Å². The summed E-state index contributed by atoms with van der Waals surface area (Å²) in [5.41, 5.74) is 5.35. The molecule has 0 fully saturated rings. The summed E-state index contributed by atoms with van der Waals surface area (Å²) in [6.07, 6.45) is 0.784. The molecule has 0 spiro atoms. The van der Waals surface area contributed by atoms with Crippen LogP contribution in [0.25, 0.3) is 0 Å². The van der Waals surface area contributed by atoms with E-state index >= 15 is 0 Å². The van der Waals surface area contributed by atoms with Crippen molar-refractivity contribution in [3.05, 3.63) is 24.3 Å². The van der Waals surface area contributed by atoms with Gasteiger partial charge in [0, 0.05) is 0 Å². The van der Waals surface area contributed by atoms with Crippen LogP contribution in [0.4, 0.5) is 0 Å². The fraction of sp³-hybridized carbons (Fsp3) is 0.500. The Hall–Kier alpha value is -1.07. The van der Waals surface area contributed by atoms with Crippen LogP contribution in [-0.4, -0.2) is 26.8 Å². The molecule has 5 heteroatoms. The Bertz CT molecular complexity index is 437. The maximum Gasteiger partial charge on any atom is 0.180 e. The molecule has 0 unspecified atom stereocenters. The van der Waals surface area contributed by atoms with E-state index in [9.17, 15) is 8.42 Å². The lowest BCUT2D eigenvalue weighted by atomic mass is 10.3. The predicted octanol–water partition coefficient (Wildman–Crippen LogP) is 1.60. The van der Waals surface area contributed by atoms with Gasteiger partial charge in [-0.25, -0.2) is 8.42 Å². The van der Waals surface area contributed by atoms with Crippen LogP contribution in [0.1, 0.15) is 20.3 Å². The number of hydrogen-bond donors (Lipinski definition) is 1. The number of sulfone groups is 1. The van der Waals surface area contributed by atoms with Crippen molar-refractivity contribution in [1.82, 2.24) is 0 Å². The first-order valence-corrected chi connectivity index (χ1v) is 7.20. The van der Waals surface area contributed by atoms with Crippen molar-refractivity contribution in [3.63, 3.8) is 0 Å². The van der Waals surface area contributed by atoms with Gasteiger partial charge in [-0.05, 0) is 51.1 Å². The van der Waals surface area contributed by atoms with Gasteiger partial charge >= 0.3 is 0 Å². The molecule has 0 bridgehead atoms. The molecule has 0 saturated carbocycles. The van der Waals surface area contributed by atoms with E-state index in [2.05, 4.69) is 0 Å². The number of rotatable bonds is 6. The molecule has 0 atom stereocenters. The van der Waals surface area contributed by atoms with E-state index in [-0.39, 0.29) is 0 Å². The Morgan fingerprint density at radius 3 is 2.29 bits per heavy atom. The molecular formula is C12H19NO3S. The van der Waals surface area contributed by atoms with Crippen LogP contribution in [0.5, 0.6) is 5.75 Å². The molecule has 1 aromatic carbocycles. The second-order valence-electron chi connectivity index (χ2n) is 4.06. The molecule has 4 nitrogen and oxygen atoms in total. The summed E-state index contributed by atoms with van der Waals surface area (Å²) < 4.78 is 29.1. The molecule has 0 aromatic heterocycles. The third-order valence-corrected chi connectivity index (χ3v) is 4.56. The van der Waals surface area contributed by atoms with Gasteiger partial charge < -0.3 is 10.5 Å². The first-order chi connectivity index (χ1) is 7.98. The number of hydrogen-bond acceptors (Lipinski definition) is 4. The van der Waals surface area contributed by atoms with Gasteiger partial charge in [0.05, 0.1) is 16.8 Å². The average molecular weight is 257 g/mol. The first-order valence-electron chi connectivity index (χ1n) is 5.65. The Balaban J connectivity index is 2.75. The summed E-state index contributed by atoms with van der Waals surface area (Å²) in [4.78, 5) is 0.332. The summed E-state index contributed by atoms with van der Waals surface area (Å²) >= 11 is 0. The van der Waals surface area contributed by atoms with Gasteiger partial charge in [-0.3, -0.25) is 0 Å². The molecule has 17 heavy (non-hydrogen) atoms. The molecule has 0 saturated heterocycles. The van der Waals surface area contributed by atoms with E-state index < -0.39 is 15.1 Å². The summed E-state index contributed by atoms with van der Waals surface area (Å²) in [6.45, 7) is 4.47. The molecule has 96 valence electrons. The quantitative estimate of drug-likeness (QED) is 0.786. The maximum atomic E-state index is 11.8. The second-order valence-corrected chi connectivity index (χ2v) is 6.56. The van der Waals surface area contributed by atoms with E-state index in [1.165, 1.54) is 0 Å². The van der Waals surface area contributed by atoms with E-state index in [1.54, 1.807) is 38.1 Å². The summed E-state index contributed by atoms with van der Waals surface area (Å²) in [6, 6.07) is 6.50. The van der Waals surface area contributed by atoms with Gasteiger partial charge in [0.1, 0.15) is 5.75 Å². The van der Waals surface area contributed by atoms with Crippen molar-refractivity contribution in [1.29, 1.82) is 0 Å². The van der Waals surface area contributed by atoms with Crippen molar-refractivity contribution in [3.8, 4) is 5.75 Å². The minimum atomic E-state index is -3.19. The normalized spacial score (nSPS) is 11.8. The third kappa shape index (κ3) is 3.71. The summed E-state index contributed by atoms with van der Waals surface area (Å²) in [5.74, 6) is 0.668. The van der Waals surface area contributed by atoms with Gasteiger partial charge in [0.25, 0.3) is 0 Å². The van der Waals surface area contributed by atoms with Crippen molar-refractivity contribution < 1.29 is 13.2 Å². The van der Waals surface area contributed by atoms with Crippen molar-refractivity contribution in [2.75, 3.05) is 13.2 Å². The molecule has 0 aliphatic heterocycles. The molecule has 2 N–H and O–H groups in total. The zero-order valence-corrected chi connectivity index (χ0v) is 11.0. The highest BCUT2D eigenvalue weighted by Crippen LogP contribution is 2.19. The lowest BCUT2D eigenvalue weighted by molar-refractivity contribution is 0.313. The Morgan fingerprint density at radius 2 is 1.82 bits per heavy atom. The van der Waals surface area contributed by atoms with Crippen LogP contribution in [0.15, 0.2) is 29.2 Å². The third-order valence-electron chi connectivity index (χ3n) is 2.39. The fourth-order valence-electron chi connectivity index (χ4n) is 1.27. The standard InChI is InChI=1S/C12H19NO3S/c1-10(2)17(14,15)12-6-4-11(5-7-12)16-9-3-8-13/h4-7,10H,3,8-9,13H2,1-2H3. The molecular weight excluding hydrogens is 238 g/mol. The Labute approximate surface area is 103 Å². The Morgan fingerprint density at radius 1 is 1.24 bits per heavy atom. The van der Waals surface area contributed by atoms with E-state index in [1.807, 2.05) is 0 Å². The van der Waals surface area contributed by atoms with Gasteiger partial charge in [-0.15, -0.1) is 0 Å². The largest absolute Gasteiger partial charge is 0.494 e. The highest BCUT2D eigenvalue weighted by molar-refractivity contribution is 7.92. The fourth-order valence-corrected chi connectivity index (χ4v) is 2.33. The smallest absolute Gasteiger partial charge is 0.180 e. The molecule has 1 aromatic rings. The zero-order valence-electron chi connectivity index (χ0n) is 10.2. The first kappa shape index (κ1) is 14.0.